The number of rotatable bonds is 3. The molecular weight excluding hydrogens is 257 g/mol. The number of nitrogens with two attached hydrogens (primary N) is 1. The van der Waals surface area contributed by atoms with Crippen LogP contribution >= 0.6 is 0 Å². The Balaban J connectivity index is 2.39. The number of aromatic nitrogens is 2. The van der Waals surface area contributed by atoms with E-state index in [9.17, 15) is 13.2 Å². The van der Waals surface area contributed by atoms with Gasteiger partial charge >= 0.3 is 0 Å². The fourth-order valence-electron chi connectivity index (χ4n) is 1.53. The second-order valence-electron chi connectivity index (χ2n) is 3.82. The number of hydrogen-bond acceptors (Lipinski definition) is 4. The molecular formula is C12H11F3N4. The SMILES string of the molecule is CCc1nc(N)cc(Nc2c(F)cc(F)cc2F)n1. The molecule has 0 fully saturated rings. The first-order valence-corrected chi connectivity index (χ1v) is 5.54. The van der Waals surface area contributed by atoms with Crippen molar-refractivity contribution in [3.8, 4) is 0 Å². The van der Waals surface area contributed by atoms with Gasteiger partial charge < -0.3 is 11.1 Å². The lowest BCUT2D eigenvalue weighted by atomic mass is 10.2. The molecule has 0 atom stereocenters. The van der Waals surface area contributed by atoms with Crippen molar-refractivity contribution in [1.82, 2.24) is 9.97 Å². The average Bonchev–Trinajstić information content (AvgIpc) is 2.33. The van der Waals surface area contributed by atoms with E-state index in [4.69, 9.17) is 5.73 Å². The van der Waals surface area contributed by atoms with Crippen LogP contribution < -0.4 is 11.1 Å². The summed E-state index contributed by atoms with van der Waals surface area (Å²) in [5.41, 5.74) is 5.07. The van der Waals surface area contributed by atoms with Crippen molar-refractivity contribution in [3.63, 3.8) is 0 Å². The molecule has 0 saturated heterocycles. The first-order valence-electron chi connectivity index (χ1n) is 5.54. The van der Waals surface area contributed by atoms with Gasteiger partial charge in [-0.15, -0.1) is 0 Å². The summed E-state index contributed by atoms with van der Waals surface area (Å²) in [4.78, 5) is 7.95. The fraction of sp³-hybridized carbons (Fsp3) is 0.167. The Morgan fingerprint density at radius 3 is 2.32 bits per heavy atom. The molecule has 19 heavy (non-hydrogen) atoms. The molecule has 0 unspecified atom stereocenters. The summed E-state index contributed by atoms with van der Waals surface area (Å²) in [7, 11) is 0. The van der Waals surface area contributed by atoms with Crippen molar-refractivity contribution in [2.45, 2.75) is 13.3 Å². The van der Waals surface area contributed by atoms with Gasteiger partial charge in [0.15, 0.2) is 11.6 Å². The first-order chi connectivity index (χ1) is 8.99. The van der Waals surface area contributed by atoms with Gasteiger partial charge in [-0.1, -0.05) is 6.92 Å². The number of nitrogens with one attached hydrogen (secondary N) is 1. The topological polar surface area (TPSA) is 63.8 Å². The maximum atomic E-state index is 13.5. The third-order valence-electron chi connectivity index (χ3n) is 2.37. The van der Waals surface area contributed by atoms with Crippen LogP contribution in [-0.4, -0.2) is 9.97 Å². The first kappa shape index (κ1) is 13.1. The second kappa shape index (κ2) is 5.13. The molecule has 0 bridgehead atoms. The smallest absolute Gasteiger partial charge is 0.152 e. The molecule has 2 aromatic rings. The minimum absolute atomic E-state index is 0.147. The number of nitrogen functional groups attached to an aromatic ring is 1. The van der Waals surface area contributed by atoms with Gasteiger partial charge in [0, 0.05) is 24.6 Å². The lowest BCUT2D eigenvalue weighted by Crippen LogP contribution is -2.05. The highest BCUT2D eigenvalue weighted by Gasteiger charge is 2.13. The molecule has 0 aliphatic heterocycles. The molecule has 0 aliphatic rings. The molecule has 3 N–H and O–H groups in total. The van der Waals surface area contributed by atoms with Gasteiger partial charge in [-0.25, -0.2) is 23.1 Å². The van der Waals surface area contributed by atoms with Crippen LogP contribution in [0.2, 0.25) is 0 Å². The highest BCUT2D eigenvalue weighted by Crippen LogP contribution is 2.24. The summed E-state index contributed by atoms with van der Waals surface area (Å²) in [6.07, 6.45) is 0.522. The molecule has 2 rings (SSSR count). The summed E-state index contributed by atoms with van der Waals surface area (Å²) in [6, 6.07) is 2.49. The third kappa shape index (κ3) is 2.93. The quantitative estimate of drug-likeness (QED) is 0.898. The number of halogens is 3. The van der Waals surface area contributed by atoms with Crippen LogP contribution in [-0.2, 0) is 6.42 Å². The average molecular weight is 268 g/mol. The van der Waals surface area contributed by atoms with Crippen molar-refractivity contribution >= 4 is 17.3 Å². The summed E-state index contributed by atoms with van der Waals surface area (Å²) in [5, 5.41) is 2.44. The maximum Gasteiger partial charge on any atom is 0.152 e. The van der Waals surface area contributed by atoms with Gasteiger partial charge in [0.05, 0.1) is 0 Å². The van der Waals surface area contributed by atoms with E-state index in [0.717, 1.165) is 0 Å². The van der Waals surface area contributed by atoms with Crippen LogP contribution in [0.4, 0.5) is 30.5 Å². The lowest BCUT2D eigenvalue weighted by Gasteiger charge is -2.09. The van der Waals surface area contributed by atoms with Crippen LogP contribution in [0.1, 0.15) is 12.7 Å². The molecule has 0 amide bonds. The number of nitrogens with zero attached hydrogens (tertiary/aromatic N) is 2. The number of anilines is 3. The summed E-state index contributed by atoms with van der Waals surface area (Å²) in [5.74, 6) is -2.33. The van der Waals surface area contributed by atoms with Crippen LogP contribution in [0, 0.1) is 17.5 Å². The van der Waals surface area contributed by atoms with Crippen molar-refractivity contribution in [1.29, 1.82) is 0 Å². The maximum absolute atomic E-state index is 13.5. The Kier molecular flexibility index (Phi) is 3.55. The molecule has 0 saturated carbocycles. The molecule has 100 valence electrons. The van der Waals surface area contributed by atoms with Crippen LogP contribution in [0.25, 0.3) is 0 Å². The van der Waals surface area contributed by atoms with E-state index in [1.165, 1.54) is 6.07 Å². The zero-order valence-electron chi connectivity index (χ0n) is 10.0. The van der Waals surface area contributed by atoms with E-state index >= 15 is 0 Å². The minimum atomic E-state index is -1.05. The Labute approximate surface area is 107 Å². The van der Waals surface area contributed by atoms with Crippen molar-refractivity contribution in [2.75, 3.05) is 11.1 Å². The van der Waals surface area contributed by atoms with Gasteiger partial charge in [-0.3, -0.25) is 0 Å². The van der Waals surface area contributed by atoms with Gasteiger partial charge in [0.1, 0.15) is 29.0 Å². The highest BCUT2D eigenvalue weighted by molar-refractivity contribution is 5.59. The highest BCUT2D eigenvalue weighted by atomic mass is 19.1. The molecule has 1 aromatic heterocycles. The number of benzene rings is 1. The summed E-state index contributed by atoms with van der Waals surface area (Å²) in [6.45, 7) is 1.82. The molecule has 4 nitrogen and oxygen atoms in total. The molecule has 0 aliphatic carbocycles. The van der Waals surface area contributed by atoms with Crippen LogP contribution in [0.15, 0.2) is 18.2 Å². The minimum Gasteiger partial charge on any atom is -0.384 e. The number of aryl methyl sites for hydroxylation is 1. The van der Waals surface area contributed by atoms with E-state index in [0.29, 0.717) is 24.4 Å². The standard InChI is InChI=1S/C12H11F3N4/c1-2-10-17-9(16)5-11(18-10)19-12-7(14)3-6(13)4-8(12)15/h3-5H,2H2,1H3,(H3,16,17,18,19). The van der Waals surface area contributed by atoms with Crippen LogP contribution in [0.3, 0.4) is 0 Å². The normalized spacial score (nSPS) is 10.5. The summed E-state index contributed by atoms with van der Waals surface area (Å²) >= 11 is 0. The third-order valence-corrected chi connectivity index (χ3v) is 2.37. The van der Waals surface area contributed by atoms with Gasteiger partial charge in [0.2, 0.25) is 0 Å². The predicted octanol–water partition coefficient (Wildman–Crippen LogP) is 2.78. The Morgan fingerprint density at radius 2 is 1.74 bits per heavy atom. The Hall–Kier alpha value is -2.31. The lowest BCUT2D eigenvalue weighted by molar-refractivity contribution is 0.548. The second-order valence-corrected chi connectivity index (χ2v) is 3.82. The van der Waals surface area contributed by atoms with Crippen molar-refractivity contribution in [2.24, 2.45) is 0 Å². The Morgan fingerprint density at radius 1 is 1.11 bits per heavy atom. The van der Waals surface area contributed by atoms with E-state index in [2.05, 4.69) is 15.3 Å². The zero-order valence-corrected chi connectivity index (χ0v) is 10.0. The van der Waals surface area contributed by atoms with E-state index in [-0.39, 0.29) is 11.6 Å². The molecule has 0 spiro atoms. The number of hydrogen-bond donors (Lipinski definition) is 2. The van der Waals surface area contributed by atoms with E-state index < -0.39 is 23.1 Å². The fourth-order valence-corrected chi connectivity index (χ4v) is 1.53. The molecule has 0 radical (unpaired) electrons. The van der Waals surface area contributed by atoms with Crippen LogP contribution in [0.5, 0.6) is 0 Å². The van der Waals surface area contributed by atoms with Crippen molar-refractivity contribution in [3.05, 3.63) is 41.5 Å². The molecule has 1 heterocycles. The van der Waals surface area contributed by atoms with Gasteiger partial charge in [0.25, 0.3) is 0 Å². The zero-order chi connectivity index (χ0) is 14.0. The predicted molar refractivity (Wildman–Crippen MR) is 65.4 cm³/mol. The van der Waals surface area contributed by atoms with Gasteiger partial charge in [-0.2, -0.15) is 0 Å². The van der Waals surface area contributed by atoms with Crippen molar-refractivity contribution < 1.29 is 13.2 Å². The largest absolute Gasteiger partial charge is 0.384 e. The Bertz CT molecular complexity index is 593. The monoisotopic (exact) mass is 268 g/mol. The van der Waals surface area contributed by atoms with E-state index in [1.54, 1.807) is 0 Å². The van der Waals surface area contributed by atoms with E-state index in [1.807, 2.05) is 6.92 Å². The summed E-state index contributed by atoms with van der Waals surface area (Å²) < 4.78 is 39.7. The molecule has 7 heteroatoms. The van der Waals surface area contributed by atoms with Gasteiger partial charge in [-0.05, 0) is 0 Å². The molecule has 1 aromatic carbocycles.